The molecule has 1 aliphatic rings. The van der Waals surface area contributed by atoms with Crippen LogP contribution < -0.4 is 9.04 Å². The van der Waals surface area contributed by atoms with Crippen LogP contribution in [0.25, 0.3) is 0 Å². The predicted molar refractivity (Wildman–Crippen MR) is 77.9 cm³/mol. The second kappa shape index (κ2) is 5.00. The molecule has 2 aromatic rings. The number of fused-ring (bicyclic) bond motifs is 1. The minimum atomic E-state index is -3.73. The molecule has 0 amide bonds. The molecule has 0 aliphatic carbocycles. The van der Waals surface area contributed by atoms with E-state index in [1.54, 1.807) is 12.1 Å². The molecule has 1 aromatic carbocycles. The average Bonchev–Trinajstić information content (AvgIpc) is 2.87. The van der Waals surface area contributed by atoms with Gasteiger partial charge in [-0.05, 0) is 18.6 Å². The van der Waals surface area contributed by atoms with E-state index in [0.29, 0.717) is 12.2 Å². The fraction of sp³-hybridized carbons (Fsp3) is 0.286. The summed E-state index contributed by atoms with van der Waals surface area (Å²) in [5.41, 5.74) is 0.913. The van der Waals surface area contributed by atoms with Crippen molar-refractivity contribution in [2.45, 2.75) is 24.3 Å². The summed E-state index contributed by atoms with van der Waals surface area (Å²) in [5.74, 6) is 0.710. The summed E-state index contributed by atoms with van der Waals surface area (Å²) < 4.78 is 32.3. The molecule has 0 saturated heterocycles. The molecular weight excluding hydrogens is 290 g/mol. The molecule has 0 N–H and O–H groups in total. The molecule has 0 spiro atoms. The molecule has 1 aliphatic heterocycles. The normalized spacial score (nSPS) is 17.1. The first-order chi connectivity index (χ1) is 10.00. The molecule has 1 unspecified atom stereocenters. The summed E-state index contributed by atoms with van der Waals surface area (Å²) in [7, 11) is -2.28. The van der Waals surface area contributed by atoms with Crippen LogP contribution in [0.2, 0.25) is 0 Å². The van der Waals surface area contributed by atoms with Crippen molar-refractivity contribution in [1.29, 1.82) is 0 Å². The van der Waals surface area contributed by atoms with Crippen molar-refractivity contribution in [3.63, 3.8) is 0 Å². The third-order valence-corrected chi connectivity index (χ3v) is 5.18. The lowest BCUT2D eigenvalue weighted by molar-refractivity contribution is 0.249. The second-order valence-electron chi connectivity index (χ2n) is 4.91. The number of rotatable bonds is 3. The van der Waals surface area contributed by atoms with Crippen molar-refractivity contribution in [1.82, 2.24) is 9.97 Å². The van der Waals surface area contributed by atoms with Crippen LogP contribution in [0.5, 0.6) is 5.75 Å². The minimum Gasteiger partial charge on any atom is -0.489 e. The number of sulfonamides is 1. The zero-order valence-corrected chi connectivity index (χ0v) is 12.5. The highest BCUT2D eigenvalue weighted by molar-refractivity contribution is 7.92. The van der Waals surface area contributed by atoms with E-state index < -0.39 is 10.0 Å². The van der Waals surface area contributed by atoms with Crippen LogP contribution >= 0.6 is 0 Å². The number of ether oxygens (including phenoxy) is 1. The molecule has 0 radical (unpaired) electrons. The Morgan fingerprint density at radius 1 is 1.33 bits per heavy atom. The third-order valence-electron chi connectivity index (χ3n) is 3.40. The number of aromatic nitrogens is 2. The number of nitrogens with zero attached hydrogens (tertiary/aromatic N) is 3. The quantitative estimate of drug-likeness (QED) is 0.861. The molecule has 21 heavy (non-hydrogen) atoms. The molecule has 0 saturated carbocycles. The largest absolute Gasteiger partial charge is 0.489 e. The third kappa shape index (κ3) is 2.33. The minimum absolute atomic E-state index is 0.0156. The molecule has 0 fully saturated rings. The van der Waals surface area contributed by atoms with Gasteiger partial charge in [0.25, 0.3) is 10.0 Å². The topological polar surface area (TPSA) is 72.4 Å². The monoisotopic (exact) mass is 305 g/mol. The van der Waals surface area contributed by atoms with Crippen LogP contribution in [0.4, 0.5) is 5.82 Å². The number of hydrogen-bond donors (Lipinski definition) is 0. The standard InChI is InChI=1S/C14H15N3O3S/c1-10-8-11-4-3-5-12(14(11)20-10)21(18,19)17(2)13-9-15-6-7-16-13/h3-7,9-10H,8H2,1-2H3. The van der Waals surface area contributed by atoms with Crippen LogP contribution in [0.1, 0.15) is 12.5 Å². The van der Waals surface area contributed by atoms with Crippen LogP contribution in [-0.2, 0) is 16.4 Å². The lowest BCUT2D eigenvalue weighted by Crippen LogP contribution is -2.27. The smallest absolute Gasteiger partial charge is 0.268 e. The van der Waals surface area contributed by atoms with Crippen molar-refractivity contribution >= 4 is 15.8 Å². The van der Waals surface area contributed by atoms with Gasteiger partial charge in [-0.1, -0.05) is 12.1 Å². The fourth-order valence-corrected chi connectivity index (χ4v) is 3.64. The summed E-state index contributed by atoms with van der Waals surface area (Å²) in [6.45, 7) is 1.92. The Labute approximate surface area is 123 Å². The van der Waals surface area contributed by atoms with Crippen LogP contribution in [-0.4, -0.2) is 31.5 Å². The maximum Gasteiger partial charge on any atom is 0.268 e. The first-order valence-electron chi connectivity index (χ1n) is 6.53. The van der Waals surface area contributed by atoms with Gasteiger partial charge in [-0.25, -0.2) is 13.4 Å². The SMILES string of the molecule is CC1Cc2cccc(S(=O)(=O)N(C)c3cnccn3)c2O1. The molecule has 1 atom stereocenters. The lowest BCUT2D eigenvalue weighted by Gasteiger charge is -2.19. The van der Waals surface area contributed by atoms with Gasteiger partial charge in [-0.3, -0.25) is 9.29 Å². The van der Waals surface area contributed by atoms with E-state index in [9.17, 15) is 8.42 Å². The summed E-state index contributed by atoms with van der Waals surface area (Å²) in [6, 6.07) is 5.18. The molecule has 110 valence electrons. The maximum atomic E-state index is 12.8. The van der Waals surface area contributed by atoms with Gasteiger partial charge in [-0.15, -0.1) is 0 Å². The van der Waals surface area contributed by atoms with Crippen molar-refractivity contribution in [3.05, 3.63) is 42.4 Å². The molecule has 0 bridgehead atoms. The van der Waals surface area contributed by atoms with Gasteiger partial charge < -0.3 is 4.74 Å². The Kier molecular flexibility index (Phi) is 3.29. The predicted octanol–water partition coefficient (Wildman–Crippen LogP) is 1.63. The summed E-state index contributed by atoms with van der Waals surface area (Å²) in [6.07, 6.45) is 5.06. The molecule has 1 aromatic heterocycles. The van der Waals surface area contributed by atoms with Crippen LogP contribution in [0.15, 0.2) is 41.7 Å². The van der Waals surface area contributed by atoms with Gasteiger partial charge in [0.2, 0.25) is 0 Å². The Morgan fingerprint density at radius 3 is 2.86 bits per heavy atom. The van der Waals surface area contributed by atoms with Crippen LogP contribution in [0.3, 0.4) is 0 Å². The number of hydrogen-bond acceptors (Lipinski definition) is 5. The Hall–Kier alpha value is -2.15. The van der Waals surface area contributed by atoms with Gasteiger partial charge in [-0.2, -0.15) is 0 Å². The van der Waals surface area contributed by atoms with Gasteiger partial charge in [0.1, 0.15) is 16.7 Å². The van der Waals surface area contributed by atoms with Gasteiger partial charge >= 0.3 is 0 Å². The van der Waals surface area contributed by atoms with Crippen molar-refractivity contribution in [2.24, 2.45) is 0 Å². The fourth-order valence-electron chi connectivity index (χ4n) is 2.34. The van der Waals surface area contributed by atoms with Crippen molar-refractivity contribution in [2.75, 3.05) is 11.4 Å². The van der Waals surface area contributed by atoms with E-state index in [-0.39, 0.29) is 16.8 Å². The first-order valence-corrected chi connectivity index (χ1v) is 7.97. The van der Waals surface area contributed by atoms with Crippen LogP contribution in [0, 0.1) is 0 Å². The van der Waals surface area contributed by atoms with Gasteiger partial charge in [0, 0.05) is 25.9 Å². The van der Waals surface area contributed by atoms with E-state index in [4.69, 9.17) is 4.74 Å². The first kappa shape index (κ1) is 13.8. The average molecular weight is 305 g/mol. The summed E-state index contributed by atoms with van der Waals surface area (Å²) in [4.78, 5) is 8.08. The molecule has 2 heterocycles. The lowest BCUT2D eigenvalue weighted by atomic mass is 10.1. The number of anilines is 1. The zero-order chi connectivity index (χ0) is 15.0. The van der Waals surface area contributed by atoms with Crippen molar-refractivity contribution in [3.8, 4) is 5.75 Å². The van der Waals surface area contributed by atoms with E-state index in [1.807, 2.05) is 13.0 Å². The Morgan fingerprint density at radius 2 is 2.14 bits per heavy atom. The van der Waals surface area contributed by atoms with E-state index in [0.717, 1.165) is 9.87 Å². The highest BCUT2D eigenvalue weighted by Gasteiger charge is 2.31. The van der Waals surface area contributed by atoms with E-state index in [1.165, 1.54) is 25.6 Å². The Balaban J connectivity index is 2.07. The highest BCUT2D eigenvalue weighted by atomic mass is 32.2. The summed E-state index contributed by atoms with van der Waals surface area (Å²) in [5, 5.41) is 0. The number of benzene rings is 1. The highest BCUT2D eigenvalue weighted by Crippen LogP contribution is 2.36. The molecule has 6 nitrogen and oxygen atoms in total. The van der Waals surface area contributed by atoms with Crippen molar-refractivity contribution < 1.29 is 13.2 Å². The molecule has 7 heteroatoms. The molecule has 3 rings (SSSR count). The zero-order valence-electron chi connectivity index (χ0n) is 11.7. The van der Waals surface area contributed by atoms with E-state index in [2.05, 4.69) is 9.97 Å². The van der Waals surface area contributed by atoms with Gasteiger partial charge in [0.15, 0.2) is 5.82 Å². The van der Waals surface area contributed by atoms with Gasteiger partial charge in [0.05, 0.1) is 6.20 Å². The second-order valence-corrected chi connectivity index (χ2v) is 6.85. The summed E-state index contributed by atoms with van der Waals surface area (Å²) >= 11 is 0. The maximum absolute atomic E-state index is 12.8. The Bertz CT molecular complexity index is 762. The van der Waals surface area contributed by atoms with E-state index >= 15 is 0 Å². The number of para-hydroxylation sites is 1. The molecular formula is C14H15N3O3S.